The summed E-state index contributed by atoms with van der Waals surface area (Å²) in [4.78, 5) is 23.8. The van der Waals surface area contributed by atoms with Crippen LogP contribution in [0.2, 0.25) is 5.02 Å². The van der Waals surface area contributed by atoms with Gasteiger partial charge in [-0.2, -0.15) is 0 Å². The van der Waals surface area contributed by atoms with Crippen LogP contribution in [-0.2, 0) is 9.53 Å². The molecule has 0 aromatic heterocycles. The summed E-state index contributed by atoms with van der Waals surface area (Å²) < 4.78 is 15.1. The molecule has 0 atom stereocenters. The Bertz CT molecular complexity index is 848. The van der Waals surface area contributed by atoms with E-state index in [1.54, 1.807) is 31.4 Å². The van der Waals surface area contributed by atoms with Gasteiger partial charge in [0.1, 0.15) is 11.5 Å². The molecule has 0 heterocycles. The zero-order valence-corrected chi connectivity index (χ0v) is 15.3. The minimum Gasteiger partial charge on any atom is -0.497 e. The van der Waals surface area contributed by atoms with Crippen LogP contribution >= 0.6 is 11.6 Å². The Balaban J connectivity index is 2.19. The third-order valence-corrected chi connectivity index (χ3v) is 3.83. The van der Waals surface area contributed by atoms with Crippen LogP contribution in [0.1, 0.15) is 15.9 Å². The summed E-state index contributed by atoms with van der Waals surface area (Å²) in [6, 6.07) is 9.72. The number of anilines is 1. The molecule has 0 aliphatic carbocycles. The first-order chi connectivity index (χ1) is 12.5. The fourth-order valence-corrected chi connectivity index (χ4v) is 2.34. The molecule has 7 heteroatoms. The smallest absolute Gasteiger partial charge is 0.337 e. The van der Waals surface area contributed by atoms with Crippen LogP contribution in [0.25, 0.3) is 6.08 Å². The summed E-state index contributed by atoms with van der Waals surface area (Å²) in [5.74, 6) is 0.299. The predicted molar refractivity (Wildman–Crippen MR) is 100 cm³/mol. The lowest BCUT2D eigenvalue weighted by Gasteiger charge is -2.08. The predicted octanol–water partition coefficient (Wildman–Crippen LogP) is 3.80. The third-order valence-electron chi connectivity index (χ3n) is 3.50. The molecule has 136 valence electrons. The first kappa shape index (κ1) is 19.3. The third kappa shape index (κ3) is 4.77. The Labute approximate surface area is 156 Å². The Morgan fingerprint density at radius 1 is 1.04 bits per heavy atom. The normalized spacial score (nSPS) is 10.5. The summed E-state index contributed by atoms with van der Waals surface area (Å²) in [7, 11) is 4.37. The Hall–Kier alpha value is -2.99. The number of halogens is 1. The first-order valence-electron chi connectivity index (χ1n) is 7.57. The van der Waals surface area contributed by atoms with Crippen LogP contribution in [-0.4, -0.2) is 33.2 Å². The molecule has 0 aliphatic rings. The van der Waals surface area contributed by atoms with Crippen LogP contribution in [0.15, 0.2) is 42.5 Å². The molecule has 0 unspecified atom stereocenters. The van der Waals surface area contributed by atoms with E-state index in [9.17, 15) is 9.59 Å². The maximum atomic E-state index is 12.2. The van der Waals surface area contributed by atoms with Gasteiger partial charge in [0.15, 0.2) is 0 Å². The fraction of sp³-hybridized carbons (Fsp3) is 0.158. The number of hydrogen-bond donors (Lipinski definition) is 1. The van der Waals surface area contributed by atoms with Crippen LogP contribution in [0.4, 0.5) is 5.69 Å². The summed E-state index contributed by atoms with van der Waals surface area (Å²) in [6.07, 6.45) is 2.92. The molecule has 6 nitrogen and oxygen atoms in total. The van der Waals surface area contributed by atoms with Crippen molar-refractivity contribution in [2.75, 3.05) is 26.6 Å². The molecule has 0 saturated heterocycles. The van der Waals surface area contributed by atoms with Gasteiger partial charge in [0, 0.05) is 11.6 Å². The molecule has 1 amide bonds. The SMILES string of the molecule is COC(=O)c1ccc(Cl)c(NC(=O)/C=C/c2cc(OC)ccc2OC)c1. The molecular formula is C19H18ClNO5. The van der Waals surface area contributed by atoms with Crippen molar-refractivity contribution < 1.29 is 23.8 Å². The van der Waals surface area contributed by atoms with Crippen molar-refractivity contribution in [3.8, 4) is 11.5 Å². The standard InChI is InChI=1S/C19H18ClNO5/c1-24-14-6-8-17(25-2)12(10-14)5-9-18(22)21-16-11-13(19(23)26-3)4-7-15(16)20/h4-11H,1-3H3,(H,21,22)/b9-5+. The quantitative estimate of drug-likeness (QED) is 0.614. The van der Waals surface area contributed by atoms with Crippen molar-refractivity contribution in [3.63, 3.8) is 0 Å². The molecule has 0 saturated carbocycles. The number of amides is 1. The maximum Gasteiger partial charge on any atom is 0.337 e. The highest BCUT2D eigenvalue weighted by Gasteiger charge is 2.10. The number of hydrogen-bond acceptors (Lipinski definition) is 5. The van der Waals surface area contributed by atoms with Gasteiger partial charge in [0.25, 0.3) is 0 Å². The molecule has 2 aromatic rings. The molecule has 0 aliphatic heterocycles. The fourth-order valence-electron chi connectivity index (χ4n) is 2.18. The number of benzene rings is 2. The average Bonchev–Trinajstić information content (AvgIpc) is 2.67. The minimum absolute atomic E-state index is 0.283. The highest BCUT2D eigenvalue weighted by Crippen LogP contribution is 2.26. The molecule has 0 bridgehead atoms. The maximum absolute atomic E-state index is 12.2. The number of carbonyl (C=O) groups is 2. The number of nitrogens with one attached hydrogen (secondary N) is 1. The second-order valence-electron chi connectivity index (χ2n) is 5.12. The topological polar surface area (TPSA) is 73.9 Å². The van der Waals surface area contributed by atoms with Crippen molar-refractivity contribution >= 4 is 35.2 Å². The summed E-state index contributed by atoms with van der Waals surface area (Å²) in [6.45, 7) is 0. The number of ether oxygens (including phenoxy) is 3. The molecular weight excluding hydrogens is 358 g/mol. The summed E-state index contributed by atoms with van der Waals surface area (Å²) in [5.41, 5.74) is 1.27. The van der Waals surface area contributed by atoms with Crippen molar-refractivity contribution in [1.82, 2.24) is 0 Å². The monoisotopic (exact) mass is 375 g/mol. The summed E-state index contributed by atoms with van der Waals surface area (Å²) in [5, 5.41) is 2.93. The minimum atomic E-state index is -0.520. The molecule has 0 spiro atoms. The number of esters is 1. The number of carbonyl (C=O) groups excluding carboxylic acids is 2. The van der Waals surface area contributed by atoms with Gasteiger partial charge in [-0.1, -0.05) is 11.6 Å². The Morgan fingerprint density at radius 2 is 1.81 bits per heavy atom. The zero-order valence-electron chi connectivity index (χ0n) is 14.5. The van der Waals surface area contributed by atoms with Crippen molar-refractivity contribution in [3.05, 3.63) is 58.6 Å². The second-order valence-corrected chi connectivity index (χ2v) is 5.52. The molecule has 2 rings (SSSR count). The Morgan fingerprint density at radius 3 is 2.46 bits per heavy atom. The van der Waals surface area contributed by atoms with Gasteiger partial charge in [-0.3, -0.25) is 4.79 Å². The van der Waals surface area contributed by atoms with E-state index in [0.717, 1.165) is 0 Å². The Kier molecular flexibility index (Phi) is 6.63. The van der Waals surface area contributed by atoms with E-state index in [1.807, 2.05) is 0 Å². The van der Waals surface area contributed by atoms with Crippen LogP contribution < -0.4 is 14.8 Å². The lowest BCUT2D eigenvalue weighted by molar-refractivity contribution is -0.111. The molecule has 1 N–H and O–H groups in total. The van der Waals surface area contributed by atoms with E-state index in [-0.39, 0.29) is 5.56 Å². The van der Waals surface area contributed by atoms with Crippen LogP contribution in [0.5, 0.6) is 11.5 Å². The number of rotatable bonds is 6. The number of methoxy groups -OCH3 is 3. The van der Waals surface area contributed by atoms with E-state index >= 15 is 0 Å². The van der Waals surface area contributed by atoms with E-state index in [1.165, 1.54) is 38.5 Å². The van der Waals surface area contributed by atoms with Gasteiger partial charge >= 0.3 is 5.97 Å². The van der Waals surface area contributed by atoms with Gasteiger partial charge in [0.2, 0.25) is 5.91 Å². The summed E-state index contributed by atoms with van der Waals surface area (Å²) >= 11 is 6.07. The highest BCUT2D eigenvalue weighted by molar-refractivity contribution is 6.34. The molecule has 2 aromatic carbocycles. The highest BCUT2D eigenvalue weighted by atomic mass is 35.5. The van der Waals surface area contributed by atoms with Crippen LogP contribution in [0.3, 0.4) is 0 Å². The largest absolute Gasteiger partial charge is 0.497 e. The lowest BCUT2D eigenvalue weighted by atomic mass is 10.1. The van der Waals surface area contributed by atoms with Gasteiger partial charge in [-0.15, -0.1) is 0 Å². The van der Waals surface area contributed by atoms with Gasteiger partial charge in [0.05, 0.1) is 37.6 Å². The van der Waals surface area contributed by atoms with E-state index in [2.05, 4.69) is 10.1 Å². The van der Waals surface area contributed by atoms with E-state index in [4.69, 9.17) is 21.1 Å². The molecule has 26 heavy (non-hydrogen) atoms. The van der Waals surface area contributed by atoms with Gasteiger partial charge < -0.3 is 19.5 Å². The first-order valence-corrected chi connectivity index (χ1v) is 7.95. The average molecular weight is 376 g/mol. The van der Waals surface area contributed by atoms with Crippen molar-refractivity contribution in [1.29, 1.82) is 0 Å². The van der Waals surface area contributed by atoms with E-state index in [0.29, 0.717) is 27.8 Å². The zero-order chi connectivity index (χ0) is 19.1. The van der Waals surface area contributed by atoms with E-state index < -0.39 is 11.9 Å². The van der Waals surface area contributed by atoms with Crippen molar-refractivity contribution in [2.45, 2.75) is 0 Å². The van der Waals surface area contributed by atoms with Crippen molar-refractivity contribution in [2.24, 2.45) is 0 Å². The van der Waals surface area contributed by atoms with Crippen LogP contribution in [0, 0.1) is 0 Å². The molecule has 0 fully saturated rings. The lowest BCUT2D eigenvalue weighted by Crippen LogP contribution is -2.10. The second kappa shape index (κ2) is 8.92. The van der Waals surface area contributed by atoms with Gasteiger partial charge in [-0.25, -0.2) is 4.79 Å². The molecule has 0 radical (unpaired) electrons. The van der Waals surface area contributed by atoms with Gasteiger partial charge in [-0.05, 0) is 42.5 Å².